The second-order valence-corrected chi connectivity index (χ2v) is 9.81. The van der Waals surface area contributed by atoms with Gasteiger partial charge in [0.2, 0.25) is 0 Å². The van der Waals surface area contributed by atoms with Gasteiger partial charge in [0.25, 0.3) is 0 Å². The van der Waals surface area contributed by atoms with Crippen molar-refractivity contribution < 1.29 is 0 Å². The van der Waals surface area contributed by atoms with Gasteiger partial charge < -0.3 is 0 Å². The smallest absolute Gasteiger partial charge is 0.00103 e. The summed E-state index contributed by atoms with van der Waals surface area (Å²) in [4.78, 5) is 0. The lowest BCUT2D eigenvalue weighted by molar-refractivity contribution is 0.790. The molecule has 5 rings (SSSR count). The number of benzene rings is 4. The Morgan fingerprint density at radius 3 is 1.91 bits per heavy atom. The number of fused-ring (bicyclic) bond motifs is 3. The highest BCUT2D eigenvalue weighted by Gasteiger charge is 2.26. The van der Waals surface area contributed by atoms with E-state index in [1.54, 1.807) is 11.1 Å². The summed E-state index contributed by atoms with van der Waals surface area (Å²) in [6, 6.07) is 25.0. The molecule has 33 heavy (non-hydrogen) atoms. The van der Waals surface area contributed by atoms with Gasteiger partial charge >= 0.3 is 0 Å². The van der Waals surface area contributed by atoms with Gasteiger partial charge in [-0.05, 0) is 125 Å². The Hall–Kier alpha value is -3.12. The third-order valence-electron chi connectivity index (χ3n) is 7.48. The number of rotatable bonds is 5. The van der Waals surface area contributed by atoms with Crippen molar-refractivity contribution in [2.75, 3.05) is 0 Å². The van der Waals surface area contributed by atoms with Crippen LogP contribution in [0.2, 0.25) is 0 Å². The second kappa shape index (κ2) is 8.67. The number of aryl methyl sites for hydroxylation is 4. The Labute approximate surface area is 199 Å². The van der Waals surface area contributed by atoms with Gasteiger partial charge in [0, 0.05) is 0 Å². The Kier molecular flexibility index (Phi) is 5.71. The van der Waals surface area contributed by atoms with Crippen LogP contribution in [-0.2, 0) is 12.8 Å². The molecule has 0 heteroatoms. The molecule has 0 saturated heterocycles. The molecule has 166 valence electrons. The minimum absolute atomic E-state index is 1.04. The van der Waals surface area contributed by atoms with Gasteiger partial charge in [-0.2, -0.15) is 0 Å². The summed E-state index contributed by atoms with van der Waals surface area (Å²) in [5.74, 6) is 0. The van der Waals surface area contributed by atoms with Crippen LogP contribution in [0.1, 0.15) is 58.7 Å². The molecular formula is C33H34. The third-order valence-corrected chi connectivity index (χ3v) is 7.48. The van der Waals surface area contributed by atoms with Crippen LogP contribution in [0.5, 0.6) is 0 Å². The average molecular weight is 431 g/mol. The van der Waals surface area contributed by atoms with Crippen LogP contribution in [-0.4, -0.2) is 0 Å². The highest BCUT2D eigenvalue weighted by atomic mass is 14.3. The Bertz CT molecular complexity index is 1350. The molecule has 0 aliphatic heterocycles. The highest BCUT2D eigenvalue weighted by Crippen LogP contribution is 2.46. The van der Waals surface area contributed by atoms with Gasteiger partial charge in [0.15, 0.2) is 0 Å². The van der Waals surface area contributed by atoms with Gasteiger partial charge in [0.1, 0.15) is 0 Å². The molecule has 0 heterocycles. The van der Waals surface area contributed by atoms with Crippen LogP contribution in [0.25, 0.3) is 33.4 Å². The van der Waals surface area contributed by atoms with Crippen molar-refractivity contribution in [2.24, 2.45) is 0 Å². The molecule has 4 aromatic rings. The minimum atomic E-state index is 1.04. The summed E-state index contributed by atoms with van der Waals surface area (Å²) in [5, 5.41) is 0. The molecule has 0 radical (unpaired) electrons. The predicted molar refractivity (Wildman–Crippen MR) is 143 cm³/mol. The van der Waals surface area contributed by atoms with Crippen LogP contribution in [0.4, 0.5) is 0 Å². The molecule has 0 saturated carbocycles. The maximum Gasteiger partial charge on any atom is -0.00103 e. The number of unbranched alkanes of at least 4 members (excludes halogenated alkanes) is 1. The first-order chi connectivity index (χ1) is 16.0. The molecule has 0 bridgehead atoms. The highest BCUT2D eigenvalue weighted by molar-refractivity contribution is 5.88. The van der Waals surface area contributed by atoms with E-state index in [1.165, 1.54) is 74.0 Å². The van der Waals surface area contributed by atoms with Crippen LogP contribution in [0, 0.1) is 27.7 Å². The fourth-order valence-corrected chi connectivity index (χ4v) is 5.73. The fourth-order valence-electron chi connectivity index (χ4n) is 5.73. The van der Waals surface area contributed by atoms with Crippen molar-refractivity contribution in [1.29, 1.82) is 0 Å². The van der Waals surface area contributed by atoms with Crippen LogP contribution < -0.4 is 0 Å². The summed E-state index contributed by atoms with van der Waals surface area (Å²) in [6.07, 6.45) is 4.65. The molecule has 0 aromatic heterocycles. The van der Waals surface area contributed by atoms with E-state index in [0.717, 1.165) is 12.8 Å². The molecular weight excluding hydrogens is 396 g/mol. The lowest BCUT2D eigenvalue weighted by atomic mass is 9.84. The van der Waals surface area contributed by atoms with Gasteiger partial charge in [-0.25, -0.2) is 0 Å². The number of hydrogen-bond acceptors (Lipinski definition) is 0. The number of hydrogen-bond donors (Lipinski definition) is 0. The monoisotopic (exact) mass is 430 g/mol. The molecule has 0 fully saturated rings. The third kappa shape index (κ3) is 3.72. The van der Waals surface area contributed by atoms with Gasteiger partial charge in [0.05, 0.1) is 0 Å². The first-order valence-corrected chi connectivity index (χ1v) is 12.4. The molecule has 0 atom stereocenters. The summed E-state index contributed by atoms with van der Waals surface area (Å²) in [6.45, 7) is 11.3. The average Bonchev–Trinajstić information content (AvgIpc) is 3.15. The maximum atomic E-state index is 2.47. The van der Waals surface area contributed by atoms with Crippen molar-refractivity contribution in [3.05, 3.63) is 106 Å². The Morgan fingerprint density at radius 1 is 0.606 bits per heavy atom. The van der Waals surface area contributed by atoms with E-state index in [2.05, 4.69) is 101 Å². The molecule has 1 aliphatic rings. The minimum Gasteiger partial charge on any atom is -0.0654 e. The zero-order chi connectivity index (χ0) is 23.1. The van der Waals surface area contributed by atoms with Crippen LogP contribution in [0.15, 0.2) is 66.7 Å². The fraction of sp³-hybridized carbons (Fsp3) is 0.273. The second-order valence-electron chi connectivity index (χ2n) is 9.81. The Morgan fingerprint density at radius 2 is 1.24 bits per heavy atom. The summed E-state index contributed by atoms with van der Waals surface area (Å²) in [5.41, 5.74) is 18.6. The van der Waals surface area contributed by atoms with Crippen molar-refractivity contribution in [3.8, 4) is 33.4 Å². The molecule has 0 nitrogen and oxygen atoms in total. The quantitative estimate of drug-likeness (QED) is 0.261. The largest absolute Gasteiger partial charge is 0.0654 e. The standard InChI is InChI=1S/C33H34/c1-6-7-14-28-32-20-25-19-29(26-15-10-8-12-21(26)2)23(4)17-30(25)31(32)18-24(5)33(28)27-16-11-9-13-22(27)3/h8-13,15-19H,6-7,14,20H2,1-5H3. The normalized spacial score (nSPS) is 12.0. The molecule has 1 aliphatic carbocycles. The van der Waals surface area contributed by atoms with Gasteiger partial charge in [-0.1, -0.05) is 74.0 Å². The maximum absolute atomic E-state index is 2.47. The lowest BCUT2D eigenvalue weighted by Crippen LogP contribution is -2.01. The van der Waals surface area contributed by atoms with E-state index in [4.69, 9.17) is 0 Å². The molecule has 0 amide bonds. The molecule has 4 aromatic carbocycles. The summed E-state index contributed by atoms with van der Waals surface area (Å²) >= 11 is 0. The van der Waals surface area contributed by atoms with E-state index in [9.17, 15) is 0 Å². The van der Waals surface area contributed by atoms with E-state index in [1.807, 2.05) is 0 Å². The van der Waals surface area contributed by atoms with Crippen molar-refractivity contribution >= 4 is 0 Å². The zero-order valence-electron chi connectivity index (χ0n) is 20.7. The Balaban J connectivity index is 1.70. The van der Waals surface area contributed by atoms with E-state index >= 15 is 0 Å². The summed E-state index contributed by atoms with van der Waals surface area (Å²) < 4.78 is 0. The van der Waals surface area contributed by atoms with E-state index in [0.29, 0.717) is 0 Å². The lowest BCUT2D eigenvalue weighted by Gasteiger charge is -2.20. The van der Waals surface area contributed by atoms with Crippen LogP contribution >= 0.6 is 0 Å². The van der Waals surface area contributed by atoms with E-state index in [-0.39, 0.29) is 0 Å². The predicted octanol–water partition coefficient (Wildman–Crippen LogP) is 9.17. The zero-order valence-corrected chi connectivity index (χ0v) is 20.7. The first kappa shape index (κ1) is 21.7. The summed E-state index contributed by atoms with van der Waals surface area (Å²) in [7, 11) is 0. The van der Waals surface area contributed by atoms with E-state index < -0.39 is 0 Å². The molecule has 0 spiro atoms. The molecule has 0 N–H and O–H groups in total. The van der Waals surface area contributed by atoms with Crippen molar-refractivity contribution in [3.63, 3.8) is 0 Å². The topological polar surface area (TPSA) is 0 Å². The van der Waals surface area contributed by atoms with Crippen molar-refractivity contribution in [2.45, 2.75) is 60.3 Å². The van der Waals surface area contributed by atoms with Crippen LogP contribution in [0.3, 0.4) is 0 Å². The molecule has 0 unspecified atom stereocenters. The van der Waals surface area contributed by atoms with Gasteiger partial charge in [-0.15, -0.1) is 0 Å². The van der Waals surface area contributed by atoms with Crippen molar-refractivity contribution in [1.82, 2.24) is 0 Å². The SMILES string of the molecule is CCCCc1c2c(cc(C)c1-c1ccccc1C)-c1cc(C)c(-c3ccccc3C)cc1C2. The first-order valence-electron chi connectivity index (χ1n) is 12.4. The van der Waals surface area contributed by atoms with Gasteiger partial charge in [-0.3, -0.25) is 0 Å².